The van der Waals surface area contributed by atoms with Gasteiger partial charge in [0.2, 0.25) is 0 Å². The number of fused-ring (bicyclic) bond motifs is 1. The Labute approximate surface area is 208 Å². The van der Waals surface area contributed by atoms with Crippen LogP contribution in [-0.2, 0) is 11.3 Å². The number of para-hydroxylation sites is 2. The molecule has 0 saturated carbocycles. The van der Waals surface area contributed by atoms with Crippen molar-refractivity contribution >= 4 is 28.5 Å². The quantitative estimate of drug-likeness (QED) is 0.228. The lowest BCUT2D eigenvalue weighted by Gasteiger charge is -2.17. The molecule has 1 aromatic heterocycles. The number of aromatic nitrogens is 2. The SMILES string of the molecule is CCCCCCCCCCCn1c(C(C)NC(=O)COc2ccc(Cl)cc2)nc2ccccc21. The average Bonchev–Trinajstić information content (AvgIpc) is 3.21. The van der Waals surface area contributed by atoms with Gasteiger partial charge in [-0.05, 0) is 49.7 Å². The molecule has 0 spiro atoms. The Morgan fingerprint density at radius 1 is 0.971 bits per heavy atom. The van der Waals surface area contributed by atoms with Gasteiger partial charge < -0.3 is 14.6 Å². The zero-order valence-corrected chi connectivity index (χ0v) is 21.3. The number of ether oxygens (including phenoxy) is 1. The maximum Gasteiger partial charge on any atom is 0.258 e. The van der Waals surface area contributed by atoms with Crippen LogP contribution in [0.4, 0.5) is 0 Å². The molecule has 0 aliphatic heterocycles. The van der Waals surface area contributed by atoms with Crippen molar-refractivity contribution in [3.05, 3.63) is 59.4 Å². The molecule has 184 valence electrons. The van der Waals surface area contributed by atoms with E-state index in [1.165, 1.54) is 51.4 Å². The lowest BCUT2D eigenvalue weighted by atomic mass is 10.1. The first-order chi connectivity index (χ1) is 16.6. The van der Waals surface area contributed by atoms with Gasteiger partial charge in [-0.25, -0.2) is 4.98 Å². The summed E-state index contributed by atoms with van der Waals surface area (Å²) in [6.45, 7) is 5.10. The zero-order valence-electron chi connectivity index (χ0n) is 20.6. The Hall–Kier alpha value is -2.53. The number of halogens is 1. The third-order valence-corrected chi connectivity index (χ3v) is 6.37. The summed E-state index contributed by atoms with van der Waals surface area (Å²) in [4.78, 5) is 17.4. The maximum absolute atomic E-state index is 12.5. The molecule has 0 aliphatic carbocycles. The van der Waals surface area contributed by atoms with Crippen LogP contribution in [0.15, 0.2) is 48.5 Å². The van der Waals surface area contributed by atoms with Crippen LogP contribution in [0.25, 0.3) is 11.0 Å². The molecule has 1 atom stereocenters. The van der Waals surface area contributed by atoms with Gasteiger partial charge in [0.1, 0.15) is 11.6 Å². The molecule has 5 nitrogen and oxygen atoms in total. The molecular weight excluding hydrogens is 446 g/mol. The molecule has 6 heteroatoms. The van der Waals surface area contributed by atoms with Gasteiger partial charge in [-0.15, -0.1) is 0 Å². The van der Waals surface area contributed by atoms with Gasteiger partial charge in [-0.2, -0.15) is 0 Å². The topological polar surface area (TPSA) is 56.2 Å². The number of unbranched alkanes of at least 4 members (excludes halogenated alkanes) is 8. The van der Waals surface area contributed by atoms with E-state index in [4.69, 9.17) is 21.3 Å². The van der Waals surface area contributed by atoms with Crippen LogP contribution in [0.2, 0.25) is 5.02 Å². The van der Waals surface area contributed by atoms with Crippen molar-refractivity contribution in [2.45, 2.75) is 84.2 Å². The first kappa shape index (κ1) is 26.1. The van der Waals surface area contributed by atoms with E-state index in [9.17, 15) is 4.79 Å². The lowest BCUT2D eigenvalue weighted by Crippen LogP contribution is -2.32. The number of hydrogen-bond acceptors (Lipinski definition) is 3. The number of amides is 1. The fraction of sp³-hybridized carbons (Fsp3) is 0.500. The lowest BCUT2D eigenvalue weighted by molar-refractivity contribution is -0.123. The van der Waals surface area contributed by atoms with Crippen LogP contribution < -0.4 is 10.1 Å². The first-order valence-corrected chi connectivity index (χ1v) is 13.1. The van der Waals surface area contributed by atoms with Crippen molar-refractivity contribution in [2.24, 2.45) is 0 Å². The number of aryl methyl sites for hydroxylation is 1. The van der Waals surface area contributed by atoms with Crippen molar-refractivity contribution < 1.29 is 9.53 Å². The van der Waals surface area contributed by atoms with Crippen molar-refractivity contribution in [1.29, 1.82) is 0 Å². The summed E-state index contributed by atoms with van der Waals surface area (Å²) in [5.41, 5.74) is 2.09. The van der Waals surface area contributed by atoms with Crippen LogP contribution in [0.3, 0.4) is 0 Å². The standard InChI is InChI=1S/C28H38ClN3O2/c1-3-4-5-6-7-8-9-10-13-20-32-26-15-12-11-14-25(26)31-28(32)22(2)30-27(33)21-34-24-18-16-23(29)17-19-24/h11-12,14-19,22H,3-10,13,20-21H2,1-2H3,(H,30,33). The summed E-state index contributed by atoms with van der Waals surface area (Å²) < 4.78 is 7.85. The second-order valence-electron chi connectivity index (χ2n) is 8.97. The summed E-state index contributed by atoms with van der Waals surface area (Å²) in [5.74, 6) is 1.33. The maximum atomic E-state index is 12.5. The highest BCUT2D eigenvalue weighted by Gasteiger charge is 2.18. The monoisotopic (exact) mass is 483 g/mol. The fourth-order valence-electron chi connectivity index (χ4n) is 4.27. The highest BCUT2D eigenvalue weighted by molar-refractivity contribution is 6.30. The molecule has 0 bridgehead atoms. The Bertz CT molecular complexity index is 1020. The molecule has 1 unspecified atom stereocenters. The molecule has 34 heavy (non-hydrogen) atoms. The summed E-state index contributed by atoms with van der Waals surface area (Å²) >= 11 is 5.90. The number of nitrogens with zero attached hydrogens (tertiary/aromatic N) is 2. The highest BCUT2D eigenvalue weighted by atomic mass is 35.5. The number of imidazole rings is 1. The fourth-order valence-corrected chi connectivity index (χ4v) is 4.39. The van der Waals surface area contributed by atoms with Crippen molar-refractivity contribution in [2.75, 3.05) is 6.61 Å². The minimum atomic E-state index is -0.215. The minimum Gasteiger partial charge on any atom is -0.484 e. The van der Waals surface area contributed by atoms with E-state index in [0.717, 1.165) is 29.8 Å². The second kappa shape index (κ2) is 14.0. The molecule has 0 fully saturated rings. The van der Waals surface area contributed by atoms with E-state index in [1.807, 2.05) is 25.1 Å². The van der Waals surface area contributed by atoms with E-state index in [-0.39, 0.29) is 18.6 Å². The van der Waals surface area contributed by atoms with Gasteiger partial charge in [0.05, 0.1) is 17.1 Å². The Morgan fingerprint density at radius 3 is 2.32 bits per heavy atom. The van der Waals surface area contributed by atoms with Gasteiger partial charge in [-0.3, -0.25) is 4.79 Å². The number of rotatable bonds is 15. The van der Waals surface area contributed by atoms with Gasteiger partial charge in [0.15, 0.2) is 6.61 Å². The largest absolute Gasteiger partial charge is 0.484 e. The molecular formula is C28H38ClN3O2. The van der Waals surface area contributed by atoms with Crippen LogP contribution in [-0.4, -0.2) is 22.1 Å². The number of carbonyl (C=O) groups excluding carboxylic acids is 1. The predicted octanol–water partition coefficient (Wildman–Crippen LogP) is 7.48. The van der Waals surface area contributed by atoms with E-state index >= 15 is 0 Å². The smallest absolute Gasteiger partial charge is 0.258 e. The van der Waals surface area contributed by atoms with Crippen molar-refractivity contribution in [3.8, 4) is 5.75 Å². The van der Waals surface area contributed by atoms with Crippen molar-refractivity contribution in [1.82, 2.24) is 14.9 Å². The number of hydrogen-bond donors (Lipinski definition) is 1. The third kappa shape index (κ3) is 8.05. The molecule has 1 amide bonds. The van der Waals surface area contributed by atoms with Crippen LogP contribution in [0.1, 0.15) is 83.5 Å². The molecule has 1 heterocycles. The molecule has 3 rings (SSSR count). The van der Waals surface area contributed by atoms with E-state index in [0.29, 0.717) is 10.8 Å². The molecule has 0 aliphatic rings. The molecule has 0 saturated heterocycles. The summed E-state index contributed by atoms with van der Waals surface area (Å²) in [7, 11) is 0. The van der Waals surface area contributed by atoms with E-state index < -0.39 is 0 Å². The minimum absolute atomic E-state index is 0.0511. The third-order valence-electron chi connectivity index (χ3n) is 6.12. The Kier molecular flexibility index (Phi) is 10.7. The number of nitrogens with one attached hydrogen (secondary N) is 1. The molecule has 2 aromatic carbocycles. The van der Waals surface area contributed by atoms with Gasteiger partial charge in [0.25, 0.3) is 5.91 Å². The Morgan fingerprint density at radius 2 is 1.62 bits per heavy atom. The average molecular weight is 484 g/mol. The zero-order chi connectivity index (χ0) is 24.2. The molecule has 0 radical (unpaired) electrons. The van der Waals surface area contributed by atoms with Crippen LogP contribution >= 0.6 is 11.6 Å². The normalized spacial score (nSPS) is 12.1. The number of benzene rings is 2. The predicted molar refractivity (Wildman–Crippen MR) is 140 cm³/mol. The molecule has 1 N–H and O–H groups in total. The summed E-state index contributed by atoms with van der Waals surface area (Å²) in [6, 6.07) is 15.0. The Balaban J connectivity index is 1.52. The van der Waals surface area contributed by atoms with Gasteiger partial charge in [-0.1, -0.05) is 82.0 Å². The van der Waals surface area contributed by atoms with Crippen LogP contribution in [0.5, 0.6) is 5.75 Å². The number of carbonyl (C=O) groups is 1. The second-order valence-corrected chi connectivity index (χ2v) is 9.41. The summed E-state index contributed by atoms with van der Waals surface area (Å²) in [5, 5.41) is 3.68. The molecule has 3 aromatic rings. The van der Waals surface area contributed by atoms with Crippen molar-refractivity contribution in [3.63, 3.8) is 0 Å². The van der Waals surface area contributed by atoms with E-state index in [2.05, 4.69) is 22.9 Å². The van der Waals surface area contributed by atoms with Gasteiger partial charge >= 0.3 is 0 Å². The first-order valence-electron chi connectivity index (χ1n) is 12.7. The van der Waals surface area contributed by atoms with E-state index in [1.54, 1.807) is 24.3 Å². The highest BCUT2D eigenvalue weighted by Crippen LogP contribution is 2.22. The summed E-state index contributed by atoms with van der Waals surface area (Å²) in [6.07, 6.45) is 11.7. The van der Waals surface area contributed by atoms with Gasteiger partial charge in [0, 0.05) is 11.6 Å². The van der Waals surface area contributed by atoms with Crippen LogP contribution in [0, 0.1) is 0 Å².